The van der Waals surface area contributed by atoms with Gasteiger partial charge in [-0.05, 0) is 41.0 Å². The number of phenols is 1. The molecule has 0 fully saturated rings. The number of hydrogen-bond acceptors (Lipinski definition) is 2. The second-order valence-corrected chi connectivity index (χ2v) is 7.12. The van der Waals surface area contributed by atoms with Crippen LogP contribution in [0.15, 0.2) is 78.9 Å². The summed E-state index contributed by atoms with van der Waals surface area (Å²) in [5.74, 6) is 0.223. The highest BCUT2D eigenvalue weighted by Gasteiger charge is 2.25. The van der Waals surface area contributed by atoms with Crippen LogP contribution in [0.5, 0.6) is 5.75 Å². The molecule has 0 aliphatic heterocycles. The number of fused-ring (bicyclic) bond motifs is 3. The molecule has 0 amide bonds. The van der Waals surface area contributed by atoms with Gasteiger partial charge in [0.05, 0.1) is 11.4 Å². The van der Waals surface area contributed by atoms with Gasteiger partial charge in [0, 0.05) is 28.1 Å². The van der Waals surface area contributed by atoms with E-state index in [4.69, 9.17) is 16.6 Å². The molecule has 1 aliphatic rings. The predicted molar refractivity (Wildman–Crippen MR) is 110 cm³/mol. The second kappa shape index (κ2) is 6.26. The zero-order chi connectivity index (χ0) is 18.4. The van der Waals surface area contributed by atoms with Crippen LogP contribution in [0.2, 0.25) is 5.02 Å². The molecule has 5 rings (SSSR count). The lowest BCUT2D eigenvalue weighted by atomic mass is 9.96. The highest BCUT2D eigenvalue weighted by molar-refractivity contribution is 6.33. The van der Waals surface area contributed by atoms with E-state index >= 15 is 0 Å². The SMILES string of the molecule is Oc1ccccc1-c1cc(-c2ccccc2Cl)c2c(n1)-c1ccccc1C2. The van der Waals surface area contributed by atoms with Crippen LogP contribution in [0, 0.1) is 0 Å². The molecule has 3 heteroatoms. The van der Waals surface area contributed by atoms with Crippen molar-refractivity contribution < 1.29 is 5.11 Å². The Morgan fingerprint density at radius 3 is 2.19 bits per heavy atom. The lowest BCUT2D eigenvalue weighted by molar-refractivity contribution is 0.477. The Balaban J connectivity index is 1.83. The summed E-state index contributed by atoms with van der Waals surface area (Å²) in [6, 6.07) is 25.6. The minimum absolute atomic E-state index is 0.223. The first kappa shape index (κ1) is 16.1. The summed E-state index contributed by atoms with van der Waals surface area (Å²) >= 11 is 6.53. The van der Waals surface area contributed by atoms with Crippen LogP contribution in [0.1, 0.15) is 11.1 Å². The number of aromatic hydroxyl groups is 1. The number of para-hydroxylation sites is 1. The van der Waals surface area contributed by atoms with E-state index in [1.165, 1.54) is 11.1 Å². The fraction of sp³-hybridized carbons (Fsp3) is 0.0417. The summed E-state index contributed by atoms with van der Waals surface area (Å²) in [4.78, 5) is 4.94. The third-order valence-electron chi connectivity index (χ3n) is 5.11. The number of aromatic nitrogens is 1. The molecule has 4 aromatic rings. The fourth-order valence-corrected chi connectivity index (χ4v) is 4.05. The van der Waals surface area contributed by atoms with E-state index in [0.717, 1.165) is 40.1 Å². The van der Waals surface area contributed by atoms with Gasteiger partial charge in [0.1, 0.15) is 5.75 Å². The van der Waals surface area contributed by atoms with Gasteiger partial charge < -0.3 is 5.11 Å². The normalized spacial score (nSPS) is 11.9. The topological polar surface area (TPSA) is 33.1 Å². The Bertz CT molecular complexity index is 1180. The van der Waals surface area contributed by atoms with Crippen LogP contribution >= 0.6 is 11.6 Å². The standard InChI is InChI=1S/C24H16ClNO/c25-21-11-5-3-9-17(21)19-14-22(18-10-4-6-12-23(18)27)26-24-16-8-2-1-7-15(16)13-20(19)24/h1-12,14,27H,13H2. The monoisotopic (exact) mass is 369 g/mol. The Hall–Kier alpha value is -3.10. The van der Waals surface area contributed by atoms with Crippen LogP contribution in [-0.2, 0) is 6.42 Å². The molecule has 1 aliphatic carbocycles. The van der Waals surface area contributed by atoms with Gasteiger partial charge in [-0.25, -0.2) is 4.98 Å². The lowest BCUT2D eigenvalue weighted by Gasteiger charge is -2.14. The van der Waals surface area contributed by atoms with Crippen molar-refractivity contribution in [3.63, 3.8) is 0 Å². The van der Waals surface area contributed by atoms with Gasteiger partial charge in [-0.3, -0.25) is 0 Å². The first-order valence-corrected chi connectivity index (χ1v) is 9.25. The summed E-state index contributed by atoms with van der Waals surface area (Å²) in [7, 11) is 0. The Kier molecular flexibility index (Phi) is 3.73. The third-order valence-corrected chi connectivity index (χ3v) is 5.44. The van der Waals surface area contributed by atoms with Crippen molar-refractivity contribution in [3.8, 4) is 39.4 Å². The van der Waals surface area contributed by atoms with Crippen LogP contribution in [0.3, 0.4) is 0 Å². The molecule has 0 saturated heterocycles. The largest absolute Gasteiger partial charge is 0.507 e. The van der Waals surface area contributed by atoms with Gasteiger partial charge in [-0.15, -0.1) is 0 Å². The minimum Gasteiger partial charge on any atom is -0.507 e. The molecular weight excluding hydrogens is 354 g/mol. The van der Waals surface area contributed by atoms with Crippen LogP contribution in [0.4, 0.5) is 0 Å². The molecule has 130 valence electrons. The average Bonchev–Trinajstić information content (AvgIpc) is 3.07. The van der Waals surface area contributed by atoms with E-state index < -0.39 is 0 Å². The number of benzene rings is 3. The van der Waals surface area contributed by atoms with Crippen molar-refractivity contribution in [2.75, 3.05) is 0 Å². The lowest BCUT2D eigenvalue weighted by Crippen LogP contribution is -1.95. The van der Waals surface area contributed by atoms with Crippen molar-refractivity contribution in [1.82, 2.24) is 4.98 Å². The smallest absolute Gasteiger partial charge is 0.124 e. The summed E-state index contributed by atoms with van der Waals surface area (Å²) in [6.07, 6.45) is 0.833. The third kappa shape index (κ3) is 2.61. The quantitative estimate of drug-likeness (QED) is 0.393. The van der Waals surface area contributed by atoms with Gasteiger partial charge in [-0.1, -0.05) is 66.2 Å². The van der Waals surface area contributed by atoms with E-state index in [2.05, 4.69) is 18.2 Å². The molecule has 0 spiro atoms. The molecule has 2 nitrogen and oxygen atoms in total. The number of hydrogen-bond donors (Lipinski definition) is 1. The molecule has 1 heterocycles. The summed E-state index contributed by atoms with van der Waals surface area (Å²) < 4.78 is 0. The highest BCUT2D eigenvalue weighted by atomic mass is 35.5. The maximum atomic E-state index is 10.4. The Labute approximate surface area is 162 Å². The first-order valence-electron chi connectivity index (χ1n) is 8.88. The van der Waals surface area contributed by atoms with E-state index in [1.54, 1.807) is 6.07 Å². The molecule has 0 atom stereocenters. The van der Waals surface area contributed by atoms with E-state index in [0.29, 0.717) is 5.02 Å². The fourth-order valence-electron chi connectivity index (χ4n) is 3.82. The van der Waals surface area contributed by atoms with Crippen molar-refractivity contribution in [2.45, 2.75) is 6.42 Å². The number of pyridine rings is 1. The molecule has 1 N–H and O–H groups in total. The van der Waals surface area contributed by atoms with Crippen molar-refractivity contribution in [3.05, 3.63) is 95.0 Å². The number of phenolic OH excluding ortho intramolecular Hbond substituents is 1. The van der Waals surface area contributed by atoms with Gasteiger partial charge in [0.2, 0.25) is 0 Å². The summed E-state index contributed by atoms with van der Waals surface area (Å²) in [5.41, 5.74) is 8.10. The number of halogens is 1. The van der Waals surface area contributed by atoms with E-state index in [-0.39, 0.29) is 5.75 Å². The zero-order valence-corrected chi connectivity index (χ0v) is 15.2. The van der Waals surface area contributed by atoms with Gasteiger partial charge in [0.15, 0.2) is 0 Å². The highest BCUT2D eigenvalue weighted by Crippen LogP contribution is 2.44. The number of nitrogens with zero attached hydrogens (tertiary/aromatic N) is 1. The van der Waals surface area contributed by atoms with Crippen molar-refractivity contribution in [1.29, 1.82) is 0 Å². The van der Waals surface area contributed by atoms with Crippen LogP contribution in [0.25, 0.3) is 33.6 Å². The molecule has 0 bridgehead atoms. The van der Waals surface area contributed by atoms with Crippen molar-refractivity contribution in [2.24, 2.45) is 0 Å². The van der Waals surface area contributed by atoms with Gasteiger partial charge in [0.25, 0.3) is 0 Å². The molecule has 0 unspecified atom stereocenters. The maximum absolute atomic E-state index is 10.4. The molecule has 3 aromatic carbocycles. The second-order valence-electron chi connectivity index (χ2n) is 6.71. The van der Waals surface area contributed by atoms with Crippen LogP contribution in [-0.4, -0.2) is 10.1 Å². The van der Waals surface area contributed by atoms with Crippen LogP contribution < -0.4 is 0 Å². The summed E-state index contributed by atoms with van der Waals surface area (Å²) in [6.45, 7) is 0. The Morgan fingerprint density at radius 1 is 0.741 bits per heavy atom. The minimum atomic E-state index is 0.223. The first-order chi connectivity index (χ1) is 13.2. The molecule has 0 radical (unpaired) electrons. The van der Waals surface area contributed by atoms with E-state index in [1.807, 2.05) is 54.6 Å². The number of rotatable bonds is 2. The maximum Gasteiger partial charge on any atom is 0.124 e. The van der Waals surface area contributed by atoms with Crippen molar-refractivity contribution >= 4 is 11.6 Å². The van der Waals surface area contributed by atoms with Gasteiger partial charge in [-0.2, -0.15) is 0 Å². The van der Waals surface area contributed by atoms with E-state index in [9.17, 15) is 5.11 Å². The van der Waals surface area contributed by atoms with Gasteiger partial charge >= 0.3 is 0 Å². The average molecular weight is 370 g/mol. The Morgan fingerprint density at radius 2 is 1.41 bits per heavy atom. The summed E-state index contributed by atoms with van der Waals surface area (Å²) in [5, 5.41) is 11.1. The molecule has 0 saturated carbocycles. The molecule has 27 heavy (non-hydrogen) atoms. The molecular formula is C24H16ClNO. The zero-order valence-electron chi connectivity index (χ0n) is 14.5. The predicted octanol–water partition coefficient (Wildman–Crippen LogP) is 6.35. The molecule has 1 aromatic heterocycles.